The van der Waals surface area contributed by atoms with E-state index in [1.165, 1.54) is 11.1 Å². The Balaban J connectivity index is 1.52. The van der Waals surface area contributed by atoms with Crippen LogP contribution >= 0.6 is 0 Å². The van der Waals surface area contributed by atoms with Gasteiger partial charge >= 0.3 is 0 Å². The number of aromatic amines is 1. The highest BCUT2D eigenvalue weighted by molar-refractivity contribution is 5.28. The van der Waals surface area contributed by atoms with Crippen molar-refractivity contribution in [2.24, 2.45) is 0 Å². The summed E-state index contributed by atoms with van der Waals surface area (Å²) in [6.07, 6.45) is 3.60. The summed E-state index contributed by atoms with van der Waals surface area (Å²) in [5, 5.41) is 10.5. The molecule has 1 aromatic heterocycles. The predicted molar refractivity (Wildman–Crippen MR) is 81.0 cm³/mol. The maximum absolute atomic E-state index is 5.77. The lowest BCUT2D eigenvalue weighted by atomic mass is 10.1. The van der Waals surface area contributed by atoms with Crippen LogP contribution in [-0.4, -0.2) is 15.4 Å². The molecule has 0 aliphatic rings. The minimum absolute atomic E-state index is 0.596. The van der Waals surface area contributed by atoms with E-state index in [-0.39, 0.29) is 0 Å². The third-order valence-corrected chi connectivity index (χ3v) is 3.31. The molecular formula is C17H17N3O. The fourth-order valence-electron chi connectivity index (χ4n) is 2.11. The SMILES string of the molecule is c1ccc(COc2ccc(CCc3cn[nH]n3)cc2)cc1. The Kier molecular flexibility index (Phi) is 4.27. The van der Waals surface area contributed by atoms with Crippen molar-refractivity contribution in [3.05, 3.63) is 77.6 Å². The number of hydrogen-bond donors (Lipinski definition) is 1. The molecule has 1 N–H and O–H groups in total. The minimum atomic E-state index is 0.596. The Hall–Kier alpha value is -2.62. The largest absolute Gasteiger partial charge is 0.489 e. The van der Waals surface area contributed by atoms with Crippen molar-refractivity contribution < 1.29 is 4.74 Å². The zero-order valence-electron chi connectivity index (χ0n) is 11.7. The molecule has 106 valence electrons. The summed E-state index contributed by atoms with van der Waals surface area (Å²) in [5.74, 6) is 0.893. The van der Waals surface area contributed by atoms with Gasteiger partial charge in [0, 0.05) is 0 Å². The summed E-state index contributed by atoms with van der Waals surface area (Å²) in [7, 11) is 0. The fourth-order valence-corrected chi connectivity index (χ4v) is 2.11. The van der Waals surface area contributed by atoms with Crippen molar-refractivity contribution in [3.8, 4) is 5.75 Å². The third-order valence-electron chi connectivity index (χ3n) is 3.31. The van der Waals surface area contributed by atoms with Gasteiger partial charge in [0.15, 0.2) is 0 Å². The van der Waals surface area contributed by atoms with E-state index in [1.54, 1.807) is 6.20 Å². The summed E-state index contributed by atoms with van der Waals surface area (Å²) in [6.45, 7) is 0.596. The van der Waals surface area contributed by atoms with Gasteiger partial charge in [0.2, 0.25) is 0 Å². The van der Waals surface area contributed by atoms with Crippen LogP contribution in [0, 0.1) is 0 Å². The quantitative estimate of drug-likeness (QED) is 0.754. The van der Waals surface area contributed by atoms with Gasteiger partial charge in [-0.25, -0.2) is 0 Å². The molecule has 21 heavy (non-hydrogen) atoms. The van der Waals surface area contributed by atoms with Gasteiger partial charge in [-0.05, 0) is 36.1 Å². The molecule has 0 aliphatic carbocycles. The van der Waals surface area contributed by atoms with Crippen LogP contribution in [0.15, 0.2) is 60.8 Å². The number of rotatable bonds is 6. The minimum Gasteiger partial charge on any atom is -0.489 e. The molecule has 0 unspecified atom stereocenters. The number of ether oxygens (including phenoxy) is 1. The topological polar surface area (TPSA) is 50.8 Å². The first kappa shape index (κ1) is 13.4. The van der Waals surface area contributed by atoms with Crippen LogP contribution in [0.3, 0.4) is 0 Å². The number of nitrogens with one attached hydrogen (secondary N) is 1. The van der Waals surface area contributed by atoms with Crippen LogP contribution in [0.2, 0.25) is 0 Å². The molecule has 0 amide bonds. The number of aromatic nitrogens is 3. The van der Waals surface area contributed by atoms with E-state index in [0.29, 0.717) is 6.61 Å². The van der Waals surface area contributed by atoms with E-state index in [2.05, 4.69) is 39.7 Å². The van der Waals surface area contributed by atoms with E-state index < -0.39 is 0 Å². The molecule has 0 spiro atoms. The number of benzene rings is 2. The summed E-state index contributed by atoms with van der Waals surface area (Å²) in [5.41, 5.74) is 3.43. The number of hydrogen-bond acceptors (Lipinski definition) is 3. The lowest BCUT2D eigenvalue weighted by molar-refractivity contribution is 0.306. The Bertz CT molecular complexity index is 648. The van der Waals surface area contributed by atoms with E-state index in [1.807, 2.05) is 30.3 Å². The van der Waals surface area contributed by atoms with Gasteiger partial charge in [-0.15, -0.1) is 0 Å². The van der Waals surface area contributed by atoms with E-state index in [4.69, 9.17) is 4.74 Å². The molecule has 0 saturated heterocycles. The average Bonchev–Trinajstić information content (AvgIpc) is 3.06. The molecule has 4 nitrogen and oxygen atoms in total. The highest BCUT2D eigenvalue weighted by atomic mass is 16.5. The molecule has 3 aromatic rings. The average molecular weight is 279 g/mol. The molecule has 0 fully saturated rings. The first-order valence-corrected chi connectivity index (χ1v) is 7.00. The zero-order chi connectivity index (χ0) is 14.3. The second-order valence-electron chi connectivity index (χ2n) is 4.88. The van der Waals surface area contributed by atoms with Crippen molar-refractivity contribution in [1.82, 2.24) is 15.4 Å². The van der Waals surface area contributed by atoms with Gasteiger partial charge in [-0.1, -0.05) is 42.5 Å². The second kappa shape index (κ2) is 6.70. The highest BCUT2D eigenvalue weighted by Crippen LogP contribution is 2.15. The van der Waals surface area contributed by atoms with Gasteiger partial charge in [0.25, 0.3) is 0 Å². The second-order valence-corrected chi connectivity index (χ2v) is 4.88. The maximum atomic E-state index is 5.77. The summed E-state index contributed by atoms with van der Waals surface area (Å²) >= 11 is 0. The van der Waals surface area contributed by atoms with E-state index in [9.17, 15) is 0 Å². The lowest BCUT2D eigenvalue weighted by Crippen LogP contribution is -1.96. The van der Waals surface area contributed by atoms with Crippen molar-refractivity contribution in [3.63, 3.8) is 0 Å². The normalized spacial score (nSPS) is 10.5. The Morgan fingerprint density at radius 1 is 0.857 bits per heavy atom. The van der Waals surface area contributed by atoms with Crippen molar-refractivity contribution >= 4 is 0 Å². The Morgan fingerprint density at radius 2 is 1.67 bits per heavy atom. The van der Waals surface area contributed by atoms with Gasteiger partial charge in [0.1, 0.15) is 12.4 Å². The van der Waals surface area contributed by atoms with Crippen molar-refractivity contribution in [2.45, 2.75) is 19.4 Å². The first-order valence-electron chi connectivity index (χ1n) is 7.00. The lowest BCUT2D eigenvalue weighted by Gasteiger charge is -2.07. The Labute approximate surface area is 123 Å². The predicted octanol–water partition coefficient (Wildman–Crippen LogP) is 3.17. The maximum Gasteiger partial charge on any atom is 0.119 e. The van der Waals surface area contributed by atoms with E-state index >= 15 is 0 Å². The standard InChI is InChI=1S/C17H17N3O/c1-2-4-15(5-3-1)13-21-17-10-7-14(8-11-17)6-9-16-12-18-20-19-16/h1-5,7-8,10-12H,6,9,13H2,(H,18,19,20). The molecule has 4 heteroatoms. The smallest absolute Gasteiger partial charge is 0.119 e. The van der Waals surface area contributed by atoms with Gasteiger partial charge < -0.3 is 4.74 Å². The zero-order valence-corrected chi connectivity index (χ0v) is 11.7. The third kappa shape index (κ3) is 3.92. The molecule has 0 atom stereocenters. The molecule has 0 bridgehead atoms. The number of H-pyrrole nitrogens is 1. The molecule has 1 heterocycles. The molecule has 0 radical (unpaired) electrons. The van der Waals surface area contributed by atoms with Crippen molar-refractivity contribution in [2.75, 3.05) is 0 Å². The van der Waals surface area contributed by atoms with Gasteiger partial charge in [-0.2, -0.15) is 15.4 Å². The highest BCUT2D eigenvalue weighted by Gasteiger charge is 2.00. The fraction of sp³-hybridized carbons (Fsp3) is 0.176. The molecule has 2 aromatic carbocycles. The van der Waals surface area contributed by atoms with Crippen LogP contribution < -0.4 is 4.74 Å². The summed E-state index contributed by atoms with van der Waals surface area (Å²) in [6, 6.07) is 18.4. The van der Waals surface area contributed by atoms with Gasteiger partial charge in [-0.3, -0.25) is 0 Å². The molecule has 0 aliphatic heterocycles. The van der Waals surface area contributed by atoms with Gasteiger partial charge in [0.05, 0.1) is 11.9 Å². The molecule has 0 saturated carbocycles. The molecule has 3 rings (SSSR count). The summed E-state index contributed by atoms with van der Waals surface area (Å²) in [4.78, 5) is 0. The number of nitrogens with zero attached hydrogens (tertiary/aromatic N) is 2. The first-order chi connectivity index (χ1) is 10.4. The van der Waals surface area contributed by atoms with Crippen LogP contribution in [0.25, 0.3) is 0 Å². The summed E-state index contributed by atoms with van der Waals surface area (Å²) < 4.78 is 5.77. The van der Waals surface area contributed by atoms with Crippen LogP contribution in [0.5, 0.6) is 5.75 Å². The van der Waals surface area contributed by atoms with Crippen LogP contribution in [-0.2, 0) is 19.4 Å². The van der Waals surface area contributed by atoms with Crippen LogP contribution in [0.4, 0.5) is 0 Å². The Morgan fingerprint density at radius 3 is 2.38 bits per heavy atom. The number of aryl methyl sites for hydroxylation is 2. The molecular weight excluding hydrogens is 262 g/mol. The van der Waals surface area contributed by atoms with Crippen LogP contribution in [0.1, 0.15) is 16.8 Å². The monoisotopic (exact) mass is 279 g/mol. The van der Waals surface area contributed by atoms with E-state index in [0.717, 1.165) is 24.3 Å². The van der Waals surface area contributed by atoms with Crippen molar-refractivity contribution in [1.29, 1.82) is 0 Å².